The topological polar surface area (TPSA) is 37.4 Å². The van der Waals surface area contributed by atoms with Crippen LogP contribution >= 0.6 is 43.2 Å². The summed E-state index contributed by atoms with van der Waals surface area (Å²) in [6.45, 7) is 2.49. The van der Waals surface area contributed by atoms with Crippen LogP contribution < -0.4 is 0 Å². The van der Waals surface area contributed by atoms with Gasteiger partial charge < -0.3 is 0 Å². The van der Waals surface area contributed by atoms with Crippen LogP contribution in [0.5, 0.6) is 0 Å². The molecule has 0 N–H and O–H groups in total. The first-order chi connectivity index (χ1) is 8.96. The molecule has 108 valence electrons. The molecule has 0 aromatic carbocycles. The van der Waals surface area contributed by atoms with E-state index in [-0.39, 0.29) is 6.04 Å². The molecule has 3 nitrogen and oxygen atoms in total. The highest BCUT2D eigenvalue weighted by molar-refractivity contribution is 9.11. The zero-order valence-corrected chi connectivity index (χ0v) is 15.5. The number of hydrogen-bond acceptors (Lipinski definition) is 3. The fraction of sp³-hybridized carbons (Fsp3) is 0.667. The summed E-state index contributed by atoms with van der Waals surface area (Å²) in [7, 11) is -3.37. The van der Waals surface area contributed by atoms with Crippen molar-refractivity contribution in [1.29, 1.82) is 0 Å². The van der Waals surface area contributed by atoms with Crippen molar-refractivity contribution >= 4 is 53.2 Å². The number of aryl methyl sites for hydroxylation is 1. The molecule has 7 heteroatoms. The lowest BCUT2D eigenvalue weighted by Crippen LogP contribution is -2.41. The first-order valence-electron chi connectivity index (χ1n) is 6.30. The van der Waals surface area contributed by atoms with E-state index < -0.39 is 10.0 Å². The first kappa shape index (κ1) is 15.9. The van der Waals surface area contributed by atoms with Crippen molar-refractivity contribution in [3.8, 4) is 0 Å². The fourth-order valence-corrected chi connectivity index (χ4v) is 7.38. The van der Waals surface area contributed by atoms with Gasteiger partial charge in [0.15, 0.2) is 0 Å². The van der Waals surface area contributed by atoms with Gasteiger partial charge in [-0.25, -0.2) is 8.42 Å². The molecule has 2 rings (SSSR count). The number of nitrogens with zero attached hydrogens (tertiary/aromatic N) is 1. The molecule has 0 spiro atoms. The minimum absolute atomic E-state index is 0.0746. The third-order valence-electron chi connectivity index (χ3n) is 3.43. The number of rotatable bonds is 3. The van der Waals surface area contributed by atoms with Crippen molar-refractivity contribution in [2.75, 3.05) is 11.9 Å². The maximum Gasteiger partial charge on any atom is 0.244 e. The Hall–Kier alpha value is 0.570. The van der Waals surface area contributed by atoms with Gasteiger partial charge in [-0.15, -0.1) is 11.3 Å². The molecule has 0 aliphatic carbocycles. The van der Waals surface area contributed by atoms with Crippen molar-refractivity contribution in [1.82, 2.24) is 4.31 Å². The predicted molar refractivity (Wildman–Crippen MR) is 86.7 cm³/mol. The van der Waals surface area contributed by atoms with Crippen LogP contribution in [0.25, 0.3) is 0 Å². The second-order valence-corrected chi connectivity index (χ2v) is 9.89. The Labute approximate surface area is 135 Å². The summed E-state index contributed by atoms with van der Waals surface area (Å²) in [6.07, 6.45) is 4.11. The Morgan fingerprint density at radius 1 is 1.42 bits per heavy atom. The molecule has 1 unspecified atom stereocenters. The van der Waals surface area contributed by atoms with Gasteiger partial charge in [0.25, 0.3) is 0 Å². The summed E-state index contributed by atoms with van der Waals surface area (Å²) in [5.41, 5.74) is 0. The van der Waals surface area contributed by atoms with E-state index in [1.165, 1.54) is 11.3 Å². The lowest BCUT2D eigenvalue weighted by molar-refractivity contribution is 0.347. The van der Waals surface area contributed by atoms with Gasteiger partial charge in [-0.05, 0) is 41.8 Å². The largest absolute Gasteiger partial charge is 0.244 e. The minimum atomic E-state index is -3.37. The molecular weight excluding hydrogens is 414 g/mol. The summed E-state index contributed by atoms with van der Waals surface area (Å²) in [5.74, 6) is 0. The highest BCUT2D eigenvalue weighted by Gasteiger charge is 2.33. The van der Waals surface area contributed by atoms with Gasteiger partial charge in [0.1, 0.15) is 0 Å². The van der Waals surface area contributed by atoms with Gasteiger partial charge >= 0.3 is 0 Å². The van der Waals surface area contributed by atoms with Gasteiger partial charge in [0.05, 0.1) is 8.68 Å². The maximum atomic E-state index is 12.8. The number of halogens is 2. The molecule has 1 fully saturated rings. The van der Waals surface area contributed by atoms with Crippen LogP contribution in [0.4, 0.5) is 0 Å². The second kappa shape index (κ2) is 6.56. The van der Waals surface area contributed by atoms with Crippen LogP contribution in [0.1, 0.15) is 30.6 Å². The van der Waals surface area contributed by atoms with Crippen molar-refractivity contribution in [3.63, 3.8) is 0 Å². The Kier molecular flexibility index (Phi) is 5.50. The lowest BCUT2D eigenvalue weighted by atomic mass is 10.1. The van der Waals surface area contributed by atoms with E-state index in [4.69, 9.17) is 0 Å². The molecule has 1 aliphatic rings. The molecule has 1 atom stereocenters. The zero-order chi connectivity index (χ0) is 14.0. The lowest BCUT2D eigenvalue weighted by Gasteiger charge is -2.27. The molecule has 0 saturated carbocycles. The van der Waals surface area contributed by atoms with Crippen molar-refractivity contribution in [2.24, 2.45) is 0 Å². The van der Waals surface area contributed by atoms with Crippen LogP contribution in [0.3, 0.4) is 0 Å². The van der Waals surface area contributed by atoms with E-state index in [2.05, 4.69) is 31.9 Å². The molecule has 2 heterocycles. The Bertz CT molecular complexity index is 542. The summed E-state index contributed by atoms with van der Waals surface area (Å²) in [4.78, 5) is 1.31. The highest BCUT2D eigenvalue weighted by Crippen LogP contribution is 2.33. The quantitative estimate of drug-likeness (QED) is 0.675. The van der Waals surface area contributed by atoms with Crippen molar-refractivity contribution in [3.05, 3.63) is 14.7 Å². The molecule has 1 aliphatic heterocycles. The van der Waals surface area contributed by atoms with Gasteiger partial charge in [-0.2, -0.15) is 4.31 Å². The predicted octanol–water partition coefficient (Wildman–Crippen LogP) is 4.15. The minimum Gasteiger partial charge on any atom is -0.207 e. The molecule has 1 aromatic rings. The van der Waals surface area contributed by atoms with E-state index in [1.54, 1.807) is 10.4 Å². The van der Waals surface area contributed by atoms with Gasteiger partial charge in [-0.3, -0.25) is 0 Å². The molecule has 19 heavy (non-hydrogen) atoms. The van der Waals surface area contributed by atoms with Gasteiger partial charge in [-0.1, -0.05) is 28.8 Å². The number of thiophene rings is 1. The van der Waals surface area contributed by atoms with Gasteiger partial charge in [0.2, 0.25) is 10.0 Å². The Balaban J connectivity index is 2.39. The van der Waals surface area contributed by atoms with Gasteiger partial charge in [0, 0.05) is 22.8 Å². The SMILES string of the molecule is Cc1sc(Br)cc1S(=O)(=O)N1CCCCCC1CBr. The maximum absolute atomic E-state index is 12.8. The average Bonchev–Trinajstić information content (AvgIpc) is 2.59. The van der Waals surface area contributed by atoms with E-state index in [0.29, 0.717) is 16.8 Å². The van der Waals surface area contributed by atoms with Crippen molar-refractivity contribution in [2.45, 2.75) is 43.5 Å². The standard InChI is InChI=1S/C12H17Br2NO2S2/c1-9-11(7-12(14)18-9)19(16,17)15-6-4-2-3-5-10(15)8-13/h7,10H,2-6,8H2,1H3. The molecule has 1 aromatic heterocycles. The zero-order valence-electron chi connectivity index (χ0n) is 10.7. The normalized spacial score (nSPS) is 22.4. The van der Waals surface area contributed by atoms with Crippen LogP contribution in [0.2, 0.25) is 0 Å². The van der Waals surface area contributed by atoms with E-state index in [1.807, 2.05) is 6.92 Å². The second-order valence-electron chi connectivity index (χ2n) is 4.74. The Morgan fingerprint density at radius 3 is 2.74 bits per heavy atom. The smallest absolute Gasteiger partial charge is 0.207 e. The number of sulfonamides is 1. The monoisotopic (exact) mass is 429 g/mol. The average molecular weight is 431 g/mol. The summed E-state index contributed by atoms with van der Waals surface area (Å²) in [5, 5.41) is 0.705. The van der Waals surface area contributed by atoms with Crippen LogP contribution in [-0.4, -0.2) is 30.6 Å². The molecule has 1 saturated heterocycles. The molecule has 0 bridgehead atoms. The summed E-state index contributed by atoms with van der Waals surface area (Å²) < 4.78 is 28.2. The first-order valence-corrected chi connectivity index (χ1v) is 10.5. The third kappa shape index (κ3) is 3.43. The number of alkyl halides is 1. The summed E-state index contributed by atoms with van der Waals surface area (Å²) >= 11 is 8.31. The molecule has 0 amide bonds. The van der Waals surface area contributed by atoms with E-state index in [9.17, 15) is 8.42 Å². The van der Waals surface area contributed by atoms with Crippen LogP contribution in [-0.2, 0) is 10.0 Å². The molecule has 0 radical (unpaired) electrons. The highest BCUT2D eigenvalue weighted by atomic mass is 79.9. The third-order valence-corrected chi connectivity index (χ3v) is 7.94. The summed E-state index contributed by atoms with van der Waals surface area (Å²) in [6, 6.07) is 1.80. The van der Waals surface area contributed by atoms with Crippen LogP contribution in [0.15, 0.2) is 14.7 Å². The molecular formula is C12H17Br2NO2S2. The number of hydrogen-bond donors (Lipinski definition) is 0. The Morgan fingerprint density at radius 2 is 2.16 bits per heavy atom. The van der Waals surface area contributed by atoms with Crippen LogP contribution in [0, 0.1) is 6.92 Å². The van der Waals surface area contributed by atoms with Crippen molar-refractivity contribution < 1.29 is 8.42 Å². The fourth-order valence-electron chi connectivity index (χ4n) is 2.43. The van der Waals surface area contributed by atoms with E-state index >= 15 is 0 Å². The van der Waals surface area contributed by atoms with E-state index in [0.717, 1.165) is 34.3 Å².